The maximum absolute atomic E-state index is 3.32. The average Bonchev–Trinajstić information content (AvgIpc) is 2.34. The molecule has 0 aromatic rings. The Hall–Kier alpha value is -0.0800. The summed E-state index contributed by atoms with van der Waals surface area (Å²) in [4.78, 5) is 2.51. The molecule has 0 aliphatic carbocycles. The molecule has 1 heterocycles. The summed E-state index contributed by atoms with van der Waals surface area (Å²) in [5.74, 6) is 1.52. The number of likely N-dealkylation sites (N-methyl/N-ethyl adjacent to an activating group) is 1. The summed E-state index contributed by atoms with van der Waals surface area (Å²) >= 11 is 0. The molecule has 1 atom stereocenters. The van der Waals surface area contributed by atoms with Gasteiger partial charge in [-0.25, -0.2) is 0 Å². The second-order valence-corrected chi connectivity index (χ2v) is 3.72. The lowest BCUT2D eigenvalue weighted by molar-refractivity contribution is 0.342. The summed E-state index contributed by atoms with van der Waals surface area (Å²) in [5, 5.41) is 3.32. The molecule has 65 valence electrons. The van der Waals surface area contributed by atoms with E-state index in [0.717, 1.165) is 6.04 Å². The molecule has 1 radical (unpaired) electrons. The van der Waals surface area contributed by atoms with E-state index in [-0.39, 0.29) is 0 Å². The molecule has 1 saturated heterocycles. The summed E-state index contributed by atoms with van der Waals surface area (Å²) < 4.78 is 0. The van der Waals surface area contributed by atoms with Gasteiger partial charge in [0, 0.05) is 19.1 Å². The topological polar surface area (TPSA) is 15.3 Å². The zero-order valence-corrected chi connectivity index (χ0v) is 7.85. The van der Waals surface area contributed by atoms with Crippen molar-refractivity contribution in [1.82, 2.24) is 10.2 Å². The van der Waals surface area contributed by atoms with E-state index in [1.54, 1.807) is 0 Å². The molecule has 0 bridgehead atoms. The molecule has 1 rings (SSSR count). The van der Waals surface area contributed by atoms with Crippen molar-refractivity contribution in [3.05, 3.63) is 5.92 Å². The highest BCUT2D eigenvalue weighted by Gasteiger charge is 2.20. The van der Waals surface area contributed by atoms with Crippen LogP contribution in [0.25, 0.3) is 0 Å². The van der Waals surface area contributed by atoms with Crippen molar-refractivity contribution in [3.8, 4) is 0 Å². The predicted molar refractivity (Wildman–Crippen MR) is 48.5 cm³/mol. The smallest absolute Gasteiger partial charge is 0.0204 e. The second-order valence-electron chi connectivity index (χ2n) is 3.72. The Bertz CT molecular complexity index is 112. The third-order valence-corrected chi connectivity index (χ3v) is 2.22. The monoisotopic (exact) mass is 155 g/mol. The lowest BCUT2D eigenvalue weighted by Gasteiger charge is -2.17. The standard InChI is InChI=1S/C9H19N2/c1-8(2)6-11-5-4-9(7-11)10-3/h9-10H,4-7H2,1-3H3/t9-/m0/s1. The van der Waals surface area contributed by atoms with Crippen LogP contribution >= 0.6 is 0 Å². The van der Waals surface area contributed by atoms with Crippen molar-refractivity contribution < 1.29 is 0 Å². The van der Waals surface area contributed by atoms with Crippen LogP contribution in [0.3, 0.4) is 0 Å². The molecule has 1 fully saturated rings. The molecule has 2 nitrogen and oxygen atoms in total. The average molecular weight is 155 g/mol. The van der Waals surface area contributed by atoms with Gasteiger partial charge in [0.2, 0.25) is 0 Å². The van der Waals surface area contributed by atoms with Crippen molar-refractivity contribution in [2.24, 2.45) is 0 Å². The van der Waals surface area contributed by atoms with Gasteiger partial charge >= 0.3 is 0 Å². The van der Waals surface area contributed by atoms with Crippen LogP contribution in [0.5, 0.6) is 0 Å². The fourth-order valence-electron chi connectivity index (χ4n) is 1.66. The molecule has 1 N–H and O–H groups in total. The van der Waals surface area contributed by atoms with E-state index in [4.69, 9.17) is 0 Å². The first-order valence-electron chi connectivity index (χ1n) is 4.41. The fourth-order valence-corrected chi connectivity index (χ4v) is 1.66. The van der Waals surface area contributed by atoms with Crippen molar-refractivity contribution in [3.63, 3.8) is 0 Å². The second kappa shape index (κ2) is 4.07. The van der Waals surface area contributed by atoms with E-state index in [1.807, 2.05) is 0 Å². The Morgan fingerprint density at radius 3 is 2.73 bits per heavy atom. The van der Waals surface area contributed by atoms with E-state index in [1.165, 1.54) is 32.0 Å². The van der Waals surface area contributed by atoms with E-state index in [9.17, 15) is 0 Å². The van der Waals surface area contributed by atoms with E-state index < -0.39 is 0 Å². The number of rotatable bonds is 3. The van der Waals surface area contributed by atoms with Gasteiger partial charge in [-0.2, -0.15) is 0 Å². The predicted octanol–water partition coefficient (Wildman–Crippen LogP) is 0.894. The van der Waals surface area contributed by atoms with Crippen LogP contribution in [-0.2, 0) is 0 Å². The molecule has 0 aromatic heterocycles. The van der Waals surface area contributed by atoms with Gasteiger partial charge in [-0.05, 0) is 25.9 Å². The molecular weight excluding hydrogens is 136 g/mol. The molecule has 0 amide bonds. The lowest BCUT2D eigenvalue weighted by atomic mass is 10.2. The summed E-state index contributed by atoms with van der Waals surface area (Å²) in [6.07, 6.45) is 1.31. The Labute approximate surface area is 70.0 Å². The quantitative estimate of drug-likeness (QED) is 0.651. The Kier molecular flexibility index (Phi) is 3.34. The van der Waals surface area contributed by atoms with Crippen LogP contribution in [0.15, 0.2) is 0 Å². The SMILES string of the molecule is CN[C@H]1CCN(C[C](C)C)C1. The van der Waals surface area contributed by atoms with Gasteiger partial charge in [-0.15, -0.1) is 0 Å². The normalized spacial score (nSPS) is 26.7. The van der Waals surface area contributed by atoms with Gasteiger partial charge in [-0.3, -0.25) is 0 Å². The number of hydrogen-bond donors (Lipinski definition) is 1. The van der Waals surface area contributed by atoms with Crippen LogP contribution in [0, 0.1) is 5.92 Å². The maximum atomic E-state index is 3.32. The van der Waals surface area contributed by atoms with E-state index in [0.29, 0.717) is 0 Å². The molecule has 2 heteroatoms. The lowest BCUT2D eigenvalue weighted by Crippen LogP contribution is -2.31. The van der Waals surface area contributed by atoms with Crippen molar-refractivity contribution >= 4 is 0 Å². The van der Waals surface area contributed by atoms with Crippen LogP contribution in [-0.4, -0.2) is 37.6 Å². The summed E-state index contributed by atoms with van der Waals surface area (Å²) in [5.41, 5.74) is 0. The van der Waals surface area contributed by atoms with Gasteiger partial charge in [-0.1, -0.05) is 13.8 Å². The van der Waals surface area contributed by atoms with Gasteiger partial charge in [0.05, 0.1) is 0 Å². The molecule has 1 aliphatic heterocycles. The minimum Gasteiger partial charge on any atom is -0.316 e. The molecule has 0 unspecified atom stereocenters. The summed E-state index contributed by atoms with van der Waals surface area (Å²) in [6.45, 7) is 8.07. The van der Waals surface area contributed by atoms with Gasteiger partial charge in [0.25, 0.3) is 0 Å². The third kappa shape index (κ3) is 2.80. The highest BCUT2D eigenvalue weighted by atomic mass is 15.2. The van der Waals surface area contributed by atoms with E-state index >= 15 is 0 Å². The summed E-state index contributed by atoms with van der Waals surface area (Å²) in [6, 6.07) is 0.731. The van der Waals surface area contributed by atoms with Crippen LogP contribution in [0.4, 0.5) is 0 Å². The molecular formula is C9H19N2. The van der Waals surface area contributed by atoms with Crippen molar-refractivity contribution in [2.45, 2.75) is 26.3 Å². The number of likely N-dealkylation sites (tertiary alicyclic amines) is 1. The highest BCUT2D eigenvalue weighted by molar-refractivity contribution is 4.87. The number of nitrogens with zero attached hydrogens (tertiary/aromatic N) is 1. The van der Waals surface area contributed by atoms with Crippen LogP contribution in [0.2, 0.25) is 0 Å². The summed E-state index contributed by atoms with van der Waals surface area (Å²) in [7, 11) is 2.05. The Balaban J connectivity index is 2.19. The Morgan fingerprint density at radius 1 is 1.55 bits per heavy atom. The van der Waals surface area contributed by atoms with Crippen LogP contribution in [0.1, 0.15) is 20.3 Å². The minimum atomic E-state index is 0.731. The van der Waals surface area contributed by atoms with Crippen molar-refractivity contribution in [1.29, 1.82) is 0 Å². The van der Waals surface area contributed by atoms with Gasteiger partial charge in [0.15, 0.2) is 0 Å². The zero-order chi connectivity index (χ0) is 8.27. The first kappa shape index (κ1) is 9.01. The van der Waals surface area contributed by atoms with Gasteiger partial charge < -0.3 is 10.2 Å². The molecule has 1 aliphatic rings. The highest BCUT2D eigenvalue weighted by Crippen LogP contribution is 2.11. The largest absolute Gasteiger partial charge is 0.316 e. The molecule has 0 aromatic carbocycles. The molecule has 0 saturated carbocycles. The third-order valence-electron chi connectivity index (χ3n) is 2.22. The first-order chi connectivity index (χ1) is 5.22. The molecule has 11 heavy (non-hydrogen) atoms. The zero-order valence-electron chi connectivity index (χ0n) is 7.85. The first-order valence-corrected chi connectivity index (χ1v) is 4.41. The van der Waals surface area contributed by atoms with E-state index in [2.05, 4.69) is 31.1 Å². The Morgan fingerprint density at radius 2 is 2.27 bits per heavy atom. The van der Waals surface area contributed by atoms with Crippen LogP contribution < -0.4 is 5.32 Å². The number of hydrogen-bond acceptors (Lipinski definition) is 2. The minimum absolute atomic E-state index is 0.731. The fraction of sp³-hybridized carbons (Fsp3) is 0.889. The van der Waals surface area contributed by atoms with Gasteiger partial charge in [0.1, 0.15) is 0 Å². The number of nitrogens with one attached hydrogen (secondary N) is 1. The maximum Gasteiger partial charge on any atom is 0.0204 e. The molecule has 0 spiro atoms. The van der Waals surface area contributed by atoms with Crippen molar-refractivity contribution in [2.75, 3.05) is 26.7 Å².